The van der Waals surface area contributed by atoms with Crippen molar-refractivity contribution < 1.29 is 4.79 Å². The van der Waals surface area contributed by atoms with Crippen LogP contribution in [0, 0.1) is 0 Å². The maximum Gasteiger partial charge on any atom is 0.251 e. The van der Waals surface area contributed by atoms with Gasteiger partial charge in [-0.15, -0.1) is 0 Å². The molecule has 1 aliphatic heterocycles. The number of carbonyl (C=O) groups is 1. The second kappa shape index (κ2) is 9.70. The summed E-state index contributed by atoms with van der Waals surface area (Å²) in [6, 6.07) is 31.6. The highest BCUT2D eigenvalue weighted by Gasteiger charge is 2.25. The molecule has 1 aliphatic rings. The van der Waals surface area contributed by atoms with Gasteiger partial charge in [0, 0.05) is 45.0 Å². The maximum atomic E-state index is 13.1. The fourth-order valence-corrected chi connectivity index (χ4v) is 4.86. The van der Waals surface area contributed by atoms with E-state index in [1.54, 1.807) is 0 Å². The normalized spacial score (nSPS) is 14.4. The minimum absolute atomic E-state index is 0.0296. The molecule has 0 aliphatic carbocycles. The number of nitrogens with zero attached hydrogens (tertiary/aromatic N) is 2. The van der Waals surface area contributed by atoms with Gasteiger partial charge in [0.2, 0.25) is 0 Å². The van der Waals surface area contributed by atoms with E-state index in [0.717, 1.165) is 30.3 Å². The number of fused-ring (bicyclic) bond motifs is 2. The largest absolute Gasteiger partial charge is 0.378 e. The summed E-state index contributed by atoms with van der Waals surface area (Å²) >= 11 is 0. The van der Waals surface area contributed by atoms with Crippen molar-refractivity contribution in [1.29, 1.82) is 0 Å². The van der Waals surface area contributed by atoms with E-state index in [-0.39, 0.29) is 11.9 Å². The van der Waals surface area contributed by atoms with Crippen molar-refractivity contribution in [3.63, 3.8) is 0 Å². The summed E-state index contributed by atoms with van der Waals surface area (Å²) in [6.45, 7) is 2.43. The van der Waals surface area contributed by atoms with Crippen molar-refractivity contribution in [2.75, 3.05) is 32.1 Å². The molecule has 0 fully saturated rings. The van der Waals surface area contributed by atoms with Gasteiger partial charge in [0.05, 0.1) is 6.04 Å². The second-order valence-corrected chi connectivity index (χ2v) is 9.26. The first kappa shape index (κ1) is 22.2. The lowest BCUT2D eigenvalue weighted by atomic mass is 9.96. The summed E-state index contributed by atoms with van der Waals surface area (Å²) in [5.74, 6) is -0.0296. The molecule has 0 aromatic heterocycles. The Morgan fingerprint density at radius 2 is 1.59 bits per heavy atom. The monoisotopic (exact) mass is 449 g/mol. The van der Waals surface area contributed by atoms with Gasteiger partial charge in [-0.05, 0) is 58.1 Å². The highest BCUT2D eigenvalue weighted by atomic mass is 16.1. The summed E-state index contributed by atoms with van der Waals surface area (Å²) in [7, 11) is 4.11. The maximum absolute atomic E-state index is 13.1. The zero-order valence-electron chi connectivity index (χ0n) is 19.9. The Hall–Kier alpha value is -3.63. The van der Waals surface area contributed by atoms with E-state index in [2.05, 4.69) is 83.8 Å². The van der Waals surface area contributed by atoms with Crippen LogP contribution in [0.1, 0.15) is 33.1 Å². The summed E-state index contributed by atoms with van der Waals surface area (Å²) in [5, 5.41) is 5.46. The SMILES string of the molecule is CN(C)c1ccc(C(CNC(=O)c2ccc3ccccc3c2)N2CCc3ccccc3C2)cc1. The molecule has 4 heteroatoms. The molecule has 0 saturated heterocycles. The van der Waals surface area contributed by atoms with Crippen LogP contribution in [-0.2, 0) is 13.0 Å². The standard InChI is InChI=1S/C30H31N3O/c1-32(2)28-15-13-24(14-16-28)29(33-18-17-23-8-4-6-10-27(23)21-33)20-31-30(34)26-12-11-22-7-3-5-9-25(22)19-26/h3-16,19,29H,17-18,20-21H2,1-2H3,(H,31,34). The van der Waals surface area contributed by atoms with Crippen molar-refractivity contribution in [3.05, 3.63) is 113 Å². The molecule has 4 aromatic rings. The van der Waals surface area contributed by atoms with Gasteiger partial charge in [0.1, 0.15) is 0 Å². The van der Waals surface area contributed by atoms with Crippen LogP contribution in [0.5, 0.6) is 0 Å². The summed E-state index contributed by atoms with van der Waals surface area (Å²) in [6.07, 6.45) is 1.03. The Morgan fingerprint density at radius 1 is 0.882 bits per heavy atom. The van der Waals surface area contributed by atoms with Crippen molar-refractivity contribution in [2.45, 2.75) is 19.0 Å². The van der Waals surface area contributed by atoms with Crippen LogP contribution in [0.4, 0.5) is 5.69 Å². The van der Waals surface area contributed by atoms with Gasteiger partial charge in [0.25, 0.3) is 5.91 Å². The van der Waals surface area contributed by atoms with Gasteiger partial charge < -0.3 is 10.2 Å². The molecule has 5 rings (SSSR count). The average Bonchev–Trinajstić information content (AvgIpc) is 2.88. The van der Waals surface area contributed by atoms with Crippen LogP contribution in [-0.4, -0.2) is 38.0 Å². The Balaban J connectivity index is 1.38. The lowest BCUT2D eigenvalue weighted by molar-refractivity contribution is 0.0928. The number of amides is 1. The van der Waals surface area contributed by atoms with Crippen LogP contribution in [0.25, 0.3) is 10.8 Å². The first-order valence-corrected chi connectivity index (χ1v) is 11.9. The van der Waals surface area contributed by atoms with Crippen LogP contribution in [0.2, 0.25) is 0 Å². The predicted octanol–water partition coefficient (Wildman–Crippen LogP) is 5.44. The number of benzene rings is 4. The molecule has 4 aromatic carbocycles. The van der Waals surface area contributed by atoms with Crippen molar-refractivity contribution in [3.8, 4) is 0 Å². The Bertz CT molecular complexity index is 1300. The first-order chi connectivity index (χ1) is 16.6. The summed E-state index contributed by atoms with van der Waals surface area (Å²) in [5.41, 5.74) is 5.91. The number of carbonyl (C=O) groups excluding carboxylic acids is 1. The molecule has 0 spiro atoms. The first-order valence-electron chi connectivity index (χ1n) is 11.9. The zero-order chi connectivity index (χ0) is 23.5. The highest BCUT2D eigenvalue weighted by molar-refractivity contribution is 5.98. The Morgan fingerprint density at radius 3 is 2.35 bits per heavy atom. The molecule has 4 nitrogen and oxygen atoms in total. The average molecular weight is 450 g/mol. The minimum Gasteiger partial charge on any atom is -0.378 e. The molecule has 1 heterocycles. The van der Waals surface area contributed by atoms with E-state index < -0.39 is 0 Å². The van der Waals surface area contributed by atoms with E-state index in [4.69, 9.17) is 0 Å². The molecule has 1 unspecified atom stereocenters. The molecule has 172 valence electrons. The molecule has 34 heavy (non-hydrogen) atoms. The van der Waals surface area contributed by atoms with E-state index in [0.29, 0.717) is 12.1 Å². The number of rotatable bonds is 6. The molecule has 1 N–H and O–H groups in total. The number of hydrogen-bond donors (Lipinski definition) is 1. The van der Waals surface area contributed by atoms with Crippen LogP contribution in [0.15, 0.2) is 91.0 Å². The fourth-order valence-electron chi connectivity index (χ4n) is 4.86. The van der Waals surface area contributed by atoms with Gasteiger partial charge in [0.15, 0.2) is 0 Å². The van der Waals surface area contributed by atoms with Gasteiger partial charge in [-0.2, -0.15) is 0 Å². The molecule has 0 saturated carbocycles. The van der Waals surface area contributed by atoms with Gasteiger partial charge in [-0.25, -0.2) is 0 Å². The van der Waals surface area contributed by atoms with Crippen molar-refractivity contribution in [1.82, 2.24) is 10.2 Å². The molecule has 0 radical (unpaired) electrons. The third-order valence-electron chi connectivity index (χ3n) is 6.86. The van der Waals surface area contributed by atoms with Gasteiger partial charge >= 0.3 is 0 Å². The quantitative estimate of drug-likeness (QED) is 0.426. The lowest BCUT2D eigenvalue weighted by Gasteiger charge is -2.36. The summed E-state index contributed by atoms with van der Waals surface area (Å²) in [4.78, 5) is 17.7. The van der Waals surface area contributed by atoms with Crippen LogP contribution in [0.3, 0.4) is 0 Å². The van der Waals surface area contributed by atoms with E-state index in [9.17, 15) is 4.79 Å². The second-order valence-electron chi connectivity index (χ2n) is 9.26. The fraction of sp³-hybridized carbons (Fsp3) is 0.233. The Kier molecular flexibility index (Phi) is 6.33. The van der Waals surface area contributed by atoms with Crippen LogP contribution < -0.4 is 10.2 Å². The van der Waals surface area contributed by atoms with Gasteiger partial charge in [-0.3, -0.25) is 9.69 Å². The Labute approximate surface area is 201 Å². The molecular weight excluding hydrogens is 418 g/mol. The molecule has 1 atom stereocenters. The third kappa shape index (κ3) is 4.68. The van der Waals surface area contributed by atoms with Crippen molar-refractivity contribution >= 4 is 22.4 Å². The number of anilines is 1. The van der Waals surface area contributed by atoms with E-state index in [1.165, 1.54) is 22.4 Å². The van der Waals surface area contributed by atoms with E-state index >= 15 is 0 Å². The molecular formula is C30H31N3O. The van der Waals surface area contributed by atoms with Crippen LogP contribution >= 0.6 is 0 Å². The smallest absolute Gasteiger partial charge is 0.251 e. The third-order valence-corrected chi connectivity index (χ3v) is 6.86. The molecule has 0 bridgehead atoms. The molecule has 1 amide bonds. The predicted molar refractivity (Wildman–Crippen MR) is 140 cm³/mol. The highest BCUT2D eigenvalue weighted by Crippen LogP contribution is 2.29. The lowest BCUT2D eigenvalue weighted by Crippen LogP contribution is -2.40. The summed E-state index contributed by atoms with van der Waals surface area (Å²) < 4.78 is 0. The van der Waals surface area contributed by atoms with E-state index in [1.807, 2.05) is 36.4 Å². The zero-order valence-corrected chi connectivity index (χ0v) is 19.9. The van der Waals surface area contributed by atoms with Gasteiger partial charge in [-0.1, -0.05) is 66.7 Å². The van der Waals surface area contributed by atoms with Crippen molar-refractivity contribution in [2.24, 2.45) is 0 Å². The minimum atomic E-state index is -0.0296. The topological polar surface area (TPSA) is 35.6 Å². The number of hydrogen-bond acceptors (Lipinski definition) is 3. The number of nitrogens with one attached hydrogen (secondary N) is 1.